The molecule has 0 spiro atoms. The zero-order valence-electron chi connectivity index (χ0n) is 20.7. The van der Waals surface area contributed by atoms with E-state index in [0.717, 1.165) is 35.4 Å². The molecule has 5 rings (SSSR count). The topological polar surface area (TPSA) is 68.0 Å². The number of rotatable bonds is 6. The van der Waals surface area contributed by atoms with Crippen LogP contribution in [0.5, 0.6) is 0 Å². The van der Waals surface area contributed by atoms with Gasteiger partial charge in [-0.05, 0) is 48.3 Å². The zero-order chi connectivity index (χ0) is 25.6. The lowest BCUT2D eigenvalue weighted by Crippen LogP contribution is -2.49. The Labute approximate surface area is 217 Å². The summed E-state index contributed by atoms with van der Waals surface area (Å²) in [6, 6.07) is 26.5. The van der Waals surface area contributed by atoms with Gasteiger partial charge in [0.1, 0.15) is 12.7 Å². The minimum absolute atomic E-state index is 0.0752. The molecule has 4 aromatic rings. The van der Waals surface area contributed by atoms with E-state index in [1.807, 2.05) is 84.9 Å². The number of benzene rings is 3. The fourth-order valence-corrected chi connectivity index (χ4v) is 5.09. The maximum atomic E-state index is 11.8. The van der Waals surface area contributed by atoms with Crippen LogP contribution < -0.4 is 0 Å². The van der Waals surface area contributed by atoms with E-state index in [1.54, 1.807) is 11.0 Å². The molecule has 2 unspecified atom stereocenters. The average Bonchev–Trinajstić information content (AvgIpc) is 3.48. The third kappa shape index (κ3) is 5.92. The van der Waals surface area contributed by atoms with Gasteiger partial charge in [-0.15, -0.1) is 0 Å². The van der Waals surface area contributed by atoms with Gasteiger partial charge < -0.3 is 5.11 Å². The van der Waals surface area contributed by atoms with Gasteiger partial charge in [0.2, 0.25) is 0 Å². The number of carbonyl (C=O) groups is 1. The maximum Gasteiger partial charge on any atom is 0.193 e. The highest BCUT2D eigenvalue weighted by molar-refractivity contribution is 6.30. The molecule has 5 nitrogen and oxygen atoms in total. The predicted molar refractivity (Wildman–Crippen MR) is 143 cm³/mol. The van der Waals surface area contributed by atoms with Gasteiger partial charge in [0.05, 0.1) is 12.1 Å². The summed E-state index contributed by atoms with van der Waals surface area (Å²) in [6.07, 6.45) is 6.06. The number of carbonyl (C=O) groups excluding carboxylic acids is 1. The Morgan fingerprint density at radius 1 is 0.972 bits per heavy atom. The van der Waals surface area contributed by atoms with Crippen molar-refractivity contribution in [3.63, 3.8) is 0 Å². The molecule has 36 heavy (non-hydrogen) atoms. The van der Waals surface area contributed by atoms with Gasteiger partial charge in [0.25, 0.3) is 0 Å². The summed E-state index contributed by atoms with van der Waals surface area (Å²) in [6.45, 7) is 4.77. The van der Waals surface area contributed by atoms with Gasteiger partial charge >= 0.3 is 0 Å². The smallest absolute Gasteiger partial charge is 0.193 e. The number of aliphatic hydroxyl groups is 1. The lowest BCUT2D eigenvalue weighted by atomic mass is 9.72. The van der Waals surface area contributed by atoms with Gasteiger partial charge in [-0.1, -0.05) is 98.2 Å². The zero-order valence-corrected chi connectivity index (χ0v) is 21.5. The summed E-state index contributed by atoms with van der Waals surface area (Å²) in [4.78, 5) is 15.8. The van der Waals surface area contributed by atoms with Crippen LogP contribution in [-0.4, -0.2) is 31.3 Å². The van der Waals surface area contributed by atoms with Crippen molar-refractivity contribution >= 4 is 17.4 Å². The van der Waals surface area contributed by atoms with Crippen LogP contribution in [-0.2, 0) is 13.0 Å². The molecule has 3 aromatic carbocycles. The molecule has 0 bridgehead atoms. The molecule has 0 aliphatic heterocycles. The Bertz CT molecular complexity index is 1200. The fraction of sp³-hybridized carbons (Fsp3) is 0.300. The van der Waals surface area contributed by atoms with Crippen LogP contribution >= 0.6 is 11.6 Å². The highest BCUT2D eigenvalue weighted by atomic mass is 35.5. The predicted octanol–water partition coefficient (Wildman–Crippen LogP) is 6.26. The molecule has 1 heterocycles. The minimum atomic E-state index is -0.791. The summed E-state index contributed by atoms with van der Waals surface area (Å²) in [5.74, 6) is 0.277. The first kappa shape index (κ1) is 25.8. The first-order valence-corrected chi connectivity index (χ1v) is 12.6. The first-order valence-electron chi connectivity index (χ1n) is 12.2. The van der Waals surface area contributed by atoms with E-state index in [-0.39, 0.29) is 17.1 Å². The third-order valence-corrected chi connectivity index (χ3v) is 7.55. The van der Waals surface area contributed by atoms with Crippen molar-refractivity contribution in [2.45, 2.75) is 45.3 Å². The highest BCUT2D eigenvalue weighted by Gasteiger charge is 2.54. The van der Waals surface area contributed by atoms with Gasteiger partial charge in [-0.25, -0.2) is 4.98 Å². The van der Waals surface area contributed by atoms with Gasteiger partial charge in [-0.3, -0.25) is 9.48 Å². The SMILES string of the molecule is CC1(C)CCC(Cc2ccc(Cl)cc2)C1(O)Cn1cncn1.O=C(c1ccccc1)c1ccccc1. The van der Waals surface area contributed by atoms with Crippen molar-refractivity contribution in [3.05, 3.63) is 119 Å². The van der Waals surface area contributed by atoms with Crippen LogP contribution in [0.15, 0.2) is 97.6 Å². The van der Waals surface area contributed by atoms with Gasteiger partial charge in [0.15, 0.2) is 5.78 Å². The Balaban J connectivity index is 0.000000187. The van der Waals surface area contributed by atoms with Crippen molar-refractivity contribution in [1.82, 2.24) is 14.8 Å². The van der Waals surface area contributed by atoms with E-state index < -0.39 is 5.60 Å². The first-order chi connectivity index (χ1) is 17.3. The summed E-state index contributed by atoms with van der Waals surface area (Å²) < 4.78 is 1.74. The van der Waals surface area contributed by atoms with E-state index in [2.05, 4.69) is 23.9 Å². The molecule has 0 radical (unpaired) electrons. The quantitative estimate of drug-likeness (QED) is 0.317. The molecule has 1 saturated carbocycles. The minimum Gasteiger partial charge on any atom is -0.387 e. The Morgan fingerprint density at radius 2 is 1.56 bits per heavy atom. The number of ketones is 1. The summed E-state index contributed by atoms with van der Waals surface area (Å²) in [5.41, 5.74) is 1.75. The Hall–Kier alpha value is -3.28. The molecule has 1 fully saturated rings. The fourth-order valence-electron chi connectivity index (χ4n) is 4.97. The maximum absolute atomic E-state index is 11.8. The van der Waals surface area contributed by atoms with Crippen LogP contribution in [0.2, 0.25) is 5.02 Å². The molecule has 186 valence electrons. The molecule has 1 aliphatic rings. The number of aromatic nitrogens is 3. The molecule has 2 atom stereocenters. The van der Waals surface area contributed by atoms with Crippen LogP contribution in [0.1, 0.15) is 48.2 Å². The van der Waals surface area contributed by atoms with Crippen molar-refractivity contribution in [2.75, 3.05) is 0 Å². The normalized spacial score (nSPS) is 20.4. The van der Waals surface area contributed by atoms with Crippen LogP contribution in [0.3, 0.4) is 0 Å². The number of halogens is 1. The summed E-state index contributed by atoms with van der Waals surface area (Å²) >= 11 is 5.96. The summed E-state index contributed by atoms with van der Waals surface area (Å²) in [5, 5.41) is 16.4. The molecular formula is C30H32ClN3O2. The van der Waals surface area contributed by atoms with Crippen molar-refractivity contribution in [3.8, 4) is 0 Å². The largest absolute Gasteiger partial charge is 0.387 e. The molecular weight excluding hydrogens is 470 g/mol. The number of hydrogen-bond donors (Lipinski definition) is 1. The van der Waals surface area contributed by atoms with Crippen molar-refractivity contribution in [1.29, 1.82) is 0 Å². The standard InChI is InChI=1S/C17H22ClN3O.C13H10O/c1-16(2)8-7-14(9-13-3-5-15(18)6-4-13)17(16,22)10-21-12-19-11-20-21;14-13(11-7-3-1-4-8-11)12-9-5-2-6-10-12/h3-6,11-12,14,22H,7-10H2,1-2H3;1-10H. The van der Waals surface area contributed by atoms with Gasteiger partial charge in [0, 0.05) is 16.1 Å². The molecule has 1 aliphatic carbocycles. The Kier molecular flexibility index (Phi) is 8.02. The van der Waals surface area contributed by atoms with Crippen LogP contribution in [0.4, 0.5) is 0 Å². The monoisotopic (exact) mass is 501 g/mol. The molecule has 1 N–H and O–H groups in total. The third-order valence-electron chi connectivity index (χ3n) is 7.30. The van der Waals surface area contributed by atoms with E-state index >= 15 is 0 Å². The number of nitrogens with zero attached hydrogens (tertiary/aromatic N) is 3. The molecule has 0 saturated heterocycles. The van der Waals surface area contributed by atoms with E-state index in [9.17, 15) is 9.90 Å². The lowest BCUT2D eigenvalue weighted by molar-refractivity contribution is -0.0907. The Morgan fingerprint density at radius 3 is 2.08 bits per heavy atom. The van der Waals surface area contributed by atoms with E-state index in [4.69, 9.17) is 11.6 Å². The molecule has 0 amide bonds. The average molecular weight is 502 g/mol. The summed E-state index contributed by atoms with van der Waals surface area (Å²) in [7, 11) is 0. The van der Waals surface area contributed by atoms with E-state index in [0.29, 0.717) is 6.54 Å². The van der Waals surface area contributed by atoms with Gasteiger partial charge in [-0.2, -0.15) is 5.10 Å². The molecule has 6 heteroatoms. The van der Waals surface area contributed by atoms with E-state index in [1.165, 1.54) is 11.9 Å². The number of hydrogen-bond acceptors (Lipinski definition) is 4. The van der Waals surface area contributed by atoms with Crippen molar-refractivity contribution < 1.29 is 9.90 Å². The second-order valence-corrected chi connectivity index (χ2v) is 10.5. The van der Waals surface area contributed by atoms with Crippen LogP contribution in [0, 0.1) is 11.3 Å². The second-order valence-electron chi connectivity index (χ2n) is 10.0. The van der Waals surface area contributed by atoms with Crippen molar-refractivity contribution in [2.24, 2.45) is 11.3 Å². The lowest BCUT2D eigenvalue weighted by Gasteiger charge is -2.40. The van der Waals surface area contributed by atoms with Crippen LogP contribution in [0.25, 0.3) is 0 Å². The molecule has 1 aromatic heterocycles. The highest BCUT2D eigenvalue weighted by Crippen LogP contribution is 2.51. The second kappa shape index (κ2) is 11.2.